The van der Waals surface area contributed by atoms with Crippen LogP contribution in [0.4, 0.5) is 10.5 Å². The number of carbonyl (C=O) groups excluding carboxylic acids is 2. The second kappa shape index (κ2) is 6.61. The fraction of sp³-hybridized carbons (Fsp3) is 0.357. The molecular formula is C14H19N5O2S. The second-order valence-corrected chi connectivity index (χ2v) is 6.38. The topological polar surface area (TPSA) is 93.2 Å². The number of primary amides is 1. The Hall–Kier alpha value is -2.35. The summed E-state index contributed by atoms with van der Waals surface area (Å²) in [6, 6.07) is 3.80. The number of hydrogen-bond acceptors (Lipinski definition) is 4. The lowest BCUT2D eigenvalue weighted by Crippen LogP contribution is -2.33. The summed E-state index contributed by atoms with van der Waals surface area (Å²) in [5.74, 6) is -0.486. The van der Waals surface area contributed by atoms with E-state index in [2.05, 4.69) is 10.4 Å². The van der Waals surface area contributed by atoms with E-state index >= 15 is 0 Å². The maximum atomic E-state index is 12.3. The van der Waals surface area contributed by atoms with Crippen molar-refractivity contribution in [2.24, 2.45) is 5.73 Å². The third-order valence-corrected chi connectivity index (χ3v) is 4.45. The van der Waals surface area contributed by atoms with Crippen LogP contribution in [0.15, 0.2) is 24.5 Å². The highest BCUT2D eigenvalue weighted by Gasteiger charge is 2.19. The quantitative estimate of drug-likeness (QED) is 0.881. The highest BCUT2D eigenvalue weighted by atomic mass is 32.1. The summed E-state index contributed by atoms with van der Waals surface area (Å²) >= 11 is 1.67. The van der Waals surface area contributed by atoms with Gasteiger partial charge in [-0.3, -0.25) is 9.48 Å². The van der Waals surface area contributed by atoms with Crippen molar-refractivity contribution in [1.82, 2.24) is 14.7 Å². The van der Waals surface area contributed by atoms with Gasteiger partial charge in [-0.1, -0.05) is 0 Å². The first-order valence-corrected chi connectivity index (χ1v) is 7.59. The normalized spacial score (nSPS) is 12.0. The molecule has 0 aromatic carbocycles. The fourth-order valence-corrected chi connectivity index (χ4v) is 2.90. The van der Waals surface area contributed by atoms with E-state index in [9.17, 15) is 9.59 Å². The Balaban J connectivity index is 1.99. The molecule has 7 nitrogen and oxygen atoms in total. The molecular weight excluding hydrogens is 302 g/mol. The van der Waals surface area contributed by atoms with Gasteiger partial charge in [0.1, 0.15) is 6.54 Å². The Bertz CT molecular complexity index is 678. The molecule has 0 aliphatic heterocycles. The molecule has 2 aromatic rings. The van der Waals surface area contributed by atoms with Gasteiger partial charge in [-0.15, -0.1) is 11.3 Å². The Kier molecular flexibility index (Phi) is 4.81. The molecule has 0 aliphatic rings. The molecule has 0 bridgehead atoms. The third kappa shape index (κ3) is 3.85. The number of anilines is 1. The molecule has 0 fully saturated rings. The Morgan fingerprint density at radius 2 is 2.23 bits per heavy atom. The van der Waals surface area contributed by atoms with Gasteiger partial charge in [-0.05, 0) is 26.0 Å². The van der Waals surface area contributed by atoms with Gasteiger partial charge in [0.2, 0.25) is 5.91 Å². The molecule has 118 valence electrons. The van der Waals surface area contributed by atoms with Crippen LogP contribution in [0.3, 0.4) is 0 Å². The van der Waals surface area contributed by atoms with E-state index in [0.29, 0.717) is 5.69 Å². The van der Waals surface area contributed by atoms with Crippen molar-refractivity contribution in [3.8, 4) is 0 Å². The smallest absolute Gasteiger partial charge is 0.322 e. The maximum Gasteiger partial charge on any atom is 0.322 e. The lowest BCUT2D eigenvalue weighted by atomic mass is 10.2. The highest BCUT2D eigenvalue weighted by Crippen LogP contribution is 2.26. The monoisotopic (exact) mass is 321 g/mol. The molecule has 2 heterocycles. The van der Waals surface area contributed by atoms with E-state index in [4.69, 9.17) is 5.73 Å². The number of amides is 3. The minimum absolute atomic E-state index is 0.0173. The molecule has 3 N–H and O–H groups in total. The van der Waals surface area contributed by atoms with Crippen LogP contribution in [0.2, 0.25) is 0 Å². The van der Waals surface area contributed by atoms with E-state index in [0.717, 1.165) is 4.88 Å². The fourth-order valence-electron chi connectivity index (χ4n) is 1.93. The average Bonchev–Trinajstić information content (AvgIpc) is 3.05. The lowest BCUT2D eigenvalue weighted by Gasteiger charge is -2.24. The SMILES string of the molecule is Cc1ccc([C@H](C)N(C)C(=O)Nc2cnn(CC(N)=O)c2)s1. The third-order valence-electron chi connectivity index (χ3n) is 3.28. The van der Waals surface area contributed by atoms with Crippen LogP contribution in [0.5, 0.6) is 0 Å². The van der Waals surface area contributed by atoms with E-state index < -0.39 is 5.91 Å². The number of aromatic nitrogens is 2. The maximum absolute atomic E-state index is 12.3. The van der Waals surface area contributed by atoms with Gasteiger partial charge in [0, 0.05) is 23.0 Å². The van der Waals surface area contributed by atoms with E-state index in [1.54, 1.807) is 29.5 Å². The number of thiophene rings is 1. The predicted octanol–water partition coefficient (Wildman–Crippen LogP) is 1.96. The van der Waals surface area contributed by atoms with Crippen molar-refractivity contribution in [3.05, 3.63) is 34.3 Å². The molecule has 0 spiro atoms. The zero-order valence-electron chi connectivity index (χ0n) is 12.7. The number of nitrogens with one attached hydrogen (secondary N) is 1. The molecule has 1 atom stereocenters. The highest BCUT2D eigenvalue weighted by molar-refractivity contribution is 7.12. The standard InChI is InChI=1S/C14H19N5O2S/c1-9-4-5-12(22-9)10(2)18(3)14(21)17-11-6-16-19(7-11)8-13(15)20/h4-7,10H,8H2,1-3H3,(H2,15,20)(H,17,21)/t10-/m0/s1. The summed E-state index contributed by atoms with van der Waals surface area (Å²) in [4.78, 5) is 27.0. The summed E-state index contributed by atoms with van der Waals surface area (Å²) in [5.41, 5.74) is 5.62. The molecule has 0 saturated carbocycles. The summed E-state index contributed by atoms with van der Waals surface area (Å²) in [7, 11) is 1.74. The molecule has 3 amide bonds. The van der Waals surface area contributed by atoms with Crippen LogP contribution in [0.25, 0.3) is 0 Å². The van der Waals surface area contributed by atoms with Gasteiger partial charge in [-0.2, -0.15) is 5.10 Å². The largest absolute Gasteiger partial charge is 0.368 e. The van der Waals surface area contributed by atoms with Gasteiger partial charge in [-0.25, -0.2) is 4.79 Å². The first kappa shape index (κ1) is 16.0. The van der Waals surface area contributed by atoms with Crippen LogP contribution in [0, 0.1) is 6.92 Å². The van der Waals surface area contributed by atoms with E-state index in [-0.39, 0.29) is 18.6 Å². The number of carbonyl (C=O) groups is 2. The van der Waals surface area contributed by atoms with Crippen LogP contribution in [-0.4, -0.2) is 33.7 Å². The van der Waals surface area contributed by atoms with E-state index in [1.165, 1.54) is 15.8 Å². The minimum atomic E-state index is -0.486. The molecule has 0 radical (unpaired) electrons. The summed E-state index contributed by atoms with van der Waals surface area (Å²) in [5, 5.41) is 6.71. The zero-order chi connectivity index (χ0) is 16.3. The van der Waals surface area contributed by atoms with E-state index in [1.807, 2.05) is 26.0 Å². The van der Waals surface area contributed by atoms with Gasteiger partial charge < -0.3 is 16.0 Å². The molecule has 2 aromatic heterocycles. The van der Waals surface area contributed by atoms with Crippen LogP contribution in [0.1, 0.15) is 22.7 Å². The Morgan fingerprint density at radius 3 is 2.82 bits per heavy atom. The Morgan fingerprint density at radius 1 is 1.50 bits per heavy atom. The number of rotatable bonds is 5. The van der Waals surface area contributed by atoms with Crippen LogP contribution in [-0.2, 0) is 11.3 Å². The van der Waals surface area contributed by atoms with Gasteiger partial charge in [0.15, 0.2) is 0 Å². The van der Waals surface area contributed by atoms with Crippen LogP contribution < -0.4 is 11.1 Å². The lowest BCUT2D eigenvalue weighted by molar-refractivity contribution is -0.118. The first-order valence-electron chi connectivity index (χ1n) is 6.77. The number of nitrogens with two attached hydrogens (primary N) is 1. The van der Waals surface area contributed by atoms with Crippen molar-refractivity contribution in [2.45, 2.75) is 26.4 Å². The number of aryl methyl sites for hydroxylation is 1. The molecule has 0 aliphatic carbocycles. The zero-order valence-corrected chi connectivity index (χ0v) is 13.6. The molecule has 22 heavy (non-hydrogen) atoms. The van der Waals surface area contributed by atoms with Crippen molar-refractivity contribution in [1.29, 1.82) is 0 Å². The number of urea groups is 1. The average molecular weight is 321 g/mol. The van der Waals surface area contributed by atoms with Crippen LogP contribution >= 0.6 is 11.3 Å². The first-order chi connectivity index (χ1) is 10.4. The molecule has 0 unspecified atom stereocenters. The van der Waals surface area contributed by atoms with Crippen molar-refractivity contribution in [3.63, 3.8) is 0 Å². The number of hydrogen-bond donors (Lipinski definition) is 2. The molecule has 2 rings (SSSR count). The molecule has 8 heteroatoms. The predicted molar refractivity (Wildman–Crippen MR) is 85.7 cm³/mol. The summed E-state index contributed by atoms with van der Waals surface area (Å²) in [6.45, 7) is 3.99. The summed E-state index contributed by atoms with van der Waals surface area (Å²) in [6.07, 6.45) is 3.05. The van der Waals surface area contributed by atoms with Crippen molar-refractivity contribution >= 4 is 29.0 Å². The van der Waals surface area contributed by atoms with Gasteiger partial charge in [0.05, 0.1) is 17.9 Å². The van der Waals surface area contributed by atoms with Crippen molar-refractivity contribution in [2.75, 3.05) is 12.4 Å². The minimum Gasteiger partial charge on any atom is -0.368 e. The Labute approximate surface area is 132 Å². The van der Waals surface area contributed by atoms with Gasteiger partial charge >= 0.3 is 6.03 Å². The van der Waals surface area contributed by atoms with Crippen molar-refractivity contribution < 1.29 is 9.59 Å². The summed E-state index contributed by atoms with van der Waals surface area (Å²) < 4.78 is 1.38. The molecule has 0 saturated heterocycles. The second-order valence-electron chi connectivity index (χ2n) is 5.06. The number of nitrogens with zero attached hydrogens (tertiary/aromatic N) is 3. The van der Waals surface area contributed by atoms with Gasteiger partial charge in [0.25, 0.3) is 0 Å².